The summed E-state index contributed by atoms with van der Waals surface area (Å²) in [6.45, 7) is 0.0743. The number of nitrogens with one attached hydrogen (secondary N) is 1. The molecule has 0 aliphatic carbocycles. The van der Waals surface area contributed by atoms with Gasteiger partial charge in [-0.3, -0.25) is 9.10 Å². The van der Waals surface area contributed by atoms with E-state index >= 15 is 0 Å². The molecule has 0 saturated carbocycles. The molecule has 172 valence electrons. The van der Waals surface area contributed by atoms with E-state index in [2.05, 4.69) is 5.32 Å². The van der Waals surface area contributed by atoms with Gasteiger partial charge in [0.2, 0.25) is 0 Å². The zero-order valence-corrected chi connectivity index (χ0v) is 19.4. The Bertz CT molecular complexity index is 1360. The molecule has 1 amide bonds. The van der Waals surface area contributed by atoms with Crippen LogP contribution in [-0.4, -0.2) is 21.4 Å². The van der Waals surface area contributed by atoms with Gasteiger partial charge in [-0.25, -0.2) is 8.42 Å². The van der Waals surface area contributed by atoms with E-state index in [-0.39, 0.29) is 17.0 Å². The predicted octanol–water partition coefficient (Wildman–Crippen LogP) is 5.34. The van der Waals surface area contributed by atoms with E-state index in [1.54, 1.807) is 86.0 Å². The third kappa shape index (κ3) is 5.10. The lowest BCUT2D eigenvalue weighted by Crippen LogP contribution is -2.32. The van der Waals surface area contributed by atoms with Crippen LogP contribution in [0.15, 0.2) is 114 Å². The van der Waals surface area contributed by atoms with Gasteiger partial charge in [0.15, 0.2) is 0 Å². The number of hydrogen-bond donors (Lipinski definition) is 1. The second kappa shape index (κ2) is 10.2. The van der Waals surface area contributed by atoms with Gasteiger partial charge in [0, 0.05) is 5.69 Å². The molecule has 4 aromatic carbocycles. The topological polar surface area (TPSA) is 75.7 Å². The zero-order valence-electron chi connectivity index (χ0n) is 18.6. The van der Waals surface area contributed by atoms with Crippen molar-refractivity contribution in [2.45, 2.75) is 11.4 Å². The van der Waals surface area contributed by atoms with E-state index in [1.807, 2.05) is 30.3 Å². The summed E-state index contributed by atoms with van der Waals surface area (Å²) in [6.07, 6.45) is 0. The maximum absolute atomic E-state index is 13.7. The monoisotopic (exact) mass is 472 g/mol. The van der Waals surface area contributed by atoms with Crippen molar-refractivity contribution in [2.24, 2.45) is 0 Å². The average Bonchev–Trinajstić information content (AvgIpc) is 2.89. The summed E-state index contributed by atoms with van der Waals surface area (Å²) in [6, 6.07) is 31.1. The molecular weight excluding hydrogens is 448 g/mol. The van der Waals surface area contributed by atoms with Crippen molar-refractivity contribution < 1.29 is 17.9 Å². The lowest BCUT2D eigenvalue weighted by molar-refractivity contribution is 0.102. The summed E-state index contributed by atoms with van der Waals surface area (Å²) >= 11 is 0. The molecule has 4 rings (SSSR count). The van der Waals surface area contributed by atoms with E-state index in [1.165, 1.54) is 4.31 Å². The van der Waals surface area contributed by atoms with Crippen molar-refractivity contribution in [3.05, 3.63) is 120 Å². The van der Waals surface area contributed by atoms with Crippen molar-refractivity contribution in [1.82, 2.24) is 0 Å². The van der Waals surface area contributed by atoms with Crippen LogP contribution in [0, 0.1) is 0 Å². The van der Waals surface area contributed by atoms with Crippen LogP contribution in [0.25, 0.3) is 0 Å². The van der Waals surface area contributed by atoms with E-state index in [0.717, 1.165) is 5.56 Å². The first-order valence-electron chi connectivity index (χ1n) is 10.7. The number of ether oxygens (including phenoxy) is 1. The van der Waals surface area contributed by atoms with Gasteiger partial charge < -0.3 is 10.1 Å². The molecule has 34 heavy (non-hydrogen) atoms. The number of anilines is 2. The molecular formula is C27H24N2O4S. The number of rotatable bonds is 8. The van der Waals surface area contributed by atoms with Crippen molar-refractivity contribution in [3.63, 3.8) is 0 Å². The van der Waals surface area contributed by atoms with Crippen molar-refractivity contribution in [2.75, 3.05) is 16.7 Å². The van der Waals surface area contributed by atoms with Gasteiger partial charge in [-0.15, -0.1) is 0 Å². The maximum atomic E-state index is 13.7. The van der Waals surface area contributed by atoms with Crippen LogP contribution >= 0.6 is 0 Å². The minimum Gasteiger partial charge on any atom is -0.497 e. The third-order valence-electron chi connectivity index (χ3n) is 5.27. The van der Waals surface area contributed by atoms with Gasteiger partial charge in [0.05, 0.1) is 29.8 Å². The number of carbonyl (C=O) groups excluding carboxylic acids is 1. The van der Waals surface area contributed by atoms with Crippen molar-refractivity contribution in [3.8, 4) is 5.75 Å². The van der Waals surface area contributed by atoms with Crippen LogP contribution in [0.2, 0.25) is 0 Å². The number of amides is 1. The molecule has 0 aliphatic rings. The SMILES string of the molecule is COc1ccc(NC(=O)c2ccccc2N(Cc2ccccc2)S(=O)(=O)c2ccccc2)cc1. The number of sulfonamides is 1. The van der Waals surface area contributed by atoms with Crippen LogP contribution in [0.1, 0.15) is 15.9 Å². The number of para-hydroxylation sites is 1. The van der Waals surface area contributed by atoms with Gasteiger partial charge in [-0.1, -0.05) is 60.7 Å². The quantitative estimate of drug-likeness (QED) is 0.375. The van der Waals surface area contributed by atoms with Crippen molar-refractivity contribution in [1.29, 1.82) is 0 Å². The third-order valence-corrected chi connectivity index (χ3v) is 7.04. The molecule has 0 radical (unpaired) electrons. The molecule has 1 N–H and O–H groups in total. The zero-order chi connectivity index (χ0) is 24.0. The smallest absolute Gasteiger partial charge is 0.264 e. The predicted molar refractivity (Wildman–Crippen MR) is 134 cm³/mol. The second-order valence-corrected chi connectivity index (χ2v) is 9.37. The lowest BCUT2D eigenvalue weighted by Gasteiger charge is -2.26. The van der Waals surface area contributed by atoms with Gasteiger partial charge >= 0.3 is 0 Å². The van der Waals surface area contributed by atoms with Gasteiger partial charge in [-0.05, 0) is 54.1 Å². The Kier molecular flexibility index (Phi) is 6.94. The Morgan fingerprint density at radius 1 is 0.794 bits per heavy atom. The molecule has 0 unspecified atom stereocenters. The van der Waals surface area contributed by atoms with E-state index in [9.17, 15) is 13.2 Å². The van der Waals surface area contributed by atoms with E-state index < -0.39 is 15.9 Å². The van der Waals surface area contributed by atoms with E-state index in [4.69, 9.17) is 4.74 Å². The molecule has 0 saturated heterocycles. The van der Waals surface area contributed by atoms with Gasteiger partial charge in [0.25, 0.3) is 15.9 Å². The van der Waals surface area contributed by atoms with Crippen LogP contribution < -0.4 is 14.4 Å². The highest BCUT2D eigenvalue weighted by atomic mass is 32.2. The largest absolute Gasteiger partial charge is 0.497 e. The second-order valence-electron chi connectivity index (χ2n) is 7.51. The summed E-state index contributed by atoms with van der Waals surface area (Å²) in [4.78, 5) is 13.4. The molecule has 6 nitrogen and oxygen atoms in total. The minimum atomic E-state index is -3.95. The Balaban J connectivity index is 1.75. The molecule has 0 spiro atoms. The molecule has 4 aromatic rings. The van der Waals surface area contributed by atoms with E-state index in [0.29, 0.717) is 17.1 Å². The van der Waals surface area contributed by atoms with Crippen molar-refractivity contribution >= 4 is 27.3 Å². The molecule has 0 aromatic heterocycles. The molecule has 0 heterocycles. The first kappa shape index (κ1) is 23.1. The van der Waals surface area contributed by atoms with Crippen LogP contribution in [0.3, 0.4) is 0 Å². The summed E-state index contributed by atoms with van der Waals surface area (Å²) in [7, 11) is -2.39. The summed E-state index contributed by atoms with van der Waals surface area (Å²) < 4.78 is 33.9. The average molecular weight is 473 g/mol. The first-order valence-corrected chi connectivity index (χ1v) is 12.1. The Hall–Kier alpha value is -4.10. The highest BCUT2D eigenvalue weighted by Crippen LogP contribution is 2.30. The van der Waals surface area contributed by atoms with Crippen LogP contribution in [-0.2, 0) is 16.6 Å². The lowest BCUT2D eigenvalue weighted by atomic mass is 10.1. The normalized spacial score (nSPS) is 11.0. The fourth-order valence-electron chi connectivity index (χ4n) is 3.52. The fourth-order valence-corrected chi connectivity index (χ4v) is 5.02. The van der Waals surface area contributed by atoms with Gasteiger partial charge in [-0.2, -0.15) is 0 Å². The number of nitrogens with zero attached hydrogens (tertiary/aromatic N) is 1. The van der Waals surface area contributed by atoms with Gasteiger partial charge in [0.1, 0.15) is 5.75 Å². The Morgan fingerprint density at radius 2 is 1.38 bits per heavy atom. The molecule has 0 fully saturated rings. The summed E-state index contributed by atoms with van der Waals surface area (Å²) in [5.41, 5.74) is 1.91. The van der Waals surface area contributed by atoms with Crippen LogP contribution in [0.4, 0.5) is 11.4 Å². The number of hydrogen-bond acceptors (Lipinski definition) is 4. The summed E-state index contributed by atoms with van der Waals surface area (Å²) in [5, 5.41) is 2.84. The number of carbonyl (C=O) groups is 1. The van der Waals surface area contributed by atoms with Crippen LogP contribution in [0.5, 0.6) is 5.75 Å². The minimum absolute atomic E-state index is 0.0743. The summed E-state index contributed by atoms with van der Waals surface area (Å²) in [5.74, 6) is 0.253. The molecule has 0 aliphatic heterocycles. The highest BCUT2D eigenvalue weighted by molar-refractivity contribution is 7.92. The molecule has 0 atom stereocenters. The molecule has 7 heteroatoms. The highest BCUT2D eigenvalue weighted by Gasteiger charge is 2.28. The standard InChI is InChI=1S/C27H24N2O4S/c1-33-23-18-16-22(17-19-23)28-27(30)25-14-8-9-15-26(25)29(20-21-10-4-2-5-11-21)34(31,32)24-12-6-3-7-13-24/h2-19H,20H2,1H3,(H,28,30). The first-order chi connectivity index (χ1) is 16.5. The maximum Gasteiger partial charge on any atom is 0.264 e. The number of methoxy groups -OCH3 is 1. The Morgan fingerprint density at radius 3 is 2.03 bits per heavy atom. The Labute approximate surface area is 199 Å². The molecule has 0 bridgehead atoms. The number of benzene rings is 4. The fraction of sp³-hybridized carbons (Fsp3) is 0.0741.